The predicted octanol–water partition coefficient (Wildman–Crippen LogP) is 3.91. The van der Waals surface area contributed by atoms with Gasteiger partial charge in [-0.1, -0.05) is 36.4 Å². The molecule has 0 amide bonds. The van der Waals surface area contributed by atoms with Crippen molar-refractivity contribution in [2.45, 2.75) is 6.61 Å². The van der Waals surface area contributed by atoms with Crippen molar-refractivity contribution in [2.24, 2.45) is 0 Å². The summed E-state index contributed by atoms with van der Waals surface area (Å²) in [4.78, 5) is 4.13. The third-order valence-corrected chi connectivity index (χ3v) is 3.25. The fourth-order valence-electron chi connectivity index (χ4n) is 2.14. The van der Waals surface area contributed by atoms with Crippen LogP contribution in [0.15, 0.2) is 73.1 Å². The van der Waals surface area contributed by atoms with Crippen LogP contribution in [-0.4, -0.2) is 4.98 Å². The van der Waals surface area contributed by atoms with Gasteiger partial charge in [0.1, 0.15) is 12.4 Å². The van der Waals surface area contributed by atoms with Gasteiger partial charge in [0.25, 0.3) is 0 Å². The van der Waals surface area contributed by atoms with Crippen LogP contribution < -0.4 is 10.5 Å². The molecule has 0 unspecified atom stereocenters. The minimum Gasteiger partial charge on any atom is -0.489 e. The van der Waals surface area contributed by atoms with E-state index in [9.17, 15) is 0 Å². The second-order valence-corrected chi connectivity index (χ2v) is 4.77. The lowest BCUT2D eigenvalue weighted by Gasteiger charge is -2.10. The van der Waals surface area contributed by atoms with E-state index in [4.69, 9.17) is 10.5 Å². The molecule has 3 rings (SSSR count). The number of nitrogens with zero attached hydrogens (tertiary/aromatic N) is 1. The summed E-state index contributed by atoms with van der Waals surface area (Å²) in [5.74, 6) is 0.798. The molecule has 2 N–H and O–H groups in total. The Balaban J connectivity index is 1.81. The summed E-state index contributed by atoms with van der Waals surface area (Å²) in [5, 5.41) is 0. The van der Waals surface area contributed by atoms with E-state index in [0.717, 1.165) is 28.1 Å². The molecule has 0 saturated carbocycles. The Hall–Kier alpha value is -2.81. The van der Waals surface area contributed by atoms with Crippen LogP contribution in [0.2, 0.25) is 0 Å². The maximum Gasteiger partial charge on any atom is 0.120 e. The molecular weight excluding hydrogens is 260 g/mol. The molecule has 104 valence electrons. The highest BCUT2D eigenvalue weighted by Gasteiger charge is 2.05. The number of ether oxygens (including phenoxy) is 1. The van der Waals surface area contributed by atoms with Crippen molar-refractivity contribution >= 4 is 5.69 Å². The SMILES string of the molecule is Nc1ccc(OCc2ccccc2)cc1-c1cccnc1. The van der Waals surface area contributed by atoms with Gasteiger partial charge >= 0.3 is 0 Å². The third-order valence-electron chi connectivity index (χ3n) is 3.25. The zero-order valence-electron chi connectivity index (χ0n) is 11.6. The van der Waals surface area contributed by atoms with Gasteiger partial charge in [-0.05, 0) is 29.8 Å². The number of anilines is 1. The van der Waals surface area contributed by atoms with Crippen molar-refractivity contribution in [3.63, 3.8) is 0 Å². The van der Waals surface area contributed by atoms with E-state index in [1.807, 2.05) is 60.7 Å². The van der Waals surface area contributed by atoms with Gasteiger partial charge in [-0.25, -0.2) is 0 Å². The molecule has 0 aliphatic rings. The molecule has 1 heterocycles. The van der Waals surface area contributed by atoms with Crippen LogP contribution in [0.5, 0.6) is 5.75 Å². The topological polar surface area (TPSA) is 48.1 Å². The minimum atomic E-state index is 0.539. The monoisotopic (exact) mass is 276 g/mol. The molecule has 21 heavy (non-hydrogen) atoms. The lowest BCUT2D eigenvalue weighted by molar-refractivity contribution is 0.306. The van der Waals surface area contributed by atoms with Crippen molar-refractivity contribution < 1.29 is 4.74 Å². The zero-order valence-corrected chi connectivity index (χ0v) is 11.6. The molecular formula is C18H16N2O. The van der Waals surface area contributed by atoms with Gasteiger partial charge in [0.05, 0.1) is 0 Å². The van der Waals surface area contributed by atoms with Crippen molar-refractivity contribution in [1.29, 1.82) is 0 Å². The first-order valence-corrected chi connectivity index (χ1v) is 6.79. The lowest BCUT2D eigenvalue weighted by Crippen LogP contribution is -1.97. The van der Waals surface area contributed by atoms with E-state index in [1.165, 1.54) is 0 Å². The highest BCUT2D eigenvalue weighted by atomic mass is 16.5. The van der Waals surface area contributed by atoms with Crippen LogP contribution in [0.3, 0.4) is 0 Å². The molecule has 0 aliphatic heterocycles. The number of rotatable bonds is 4. The average molecular weight is 276 g/mol. The first-order valence-electron chi connectivity index (χ1n) is 6.79. The van der Waals surface area contributed by atoms with Gasteiger partial charge in [0.2, 0.25) is 0 Å². The van der Waals surface area contributed by atoms with E-state index in [0.29, 0.717) is 6.61 Å². The van der Waals surface area contributed by atoms with Gasteiger partial charge in [-0.15, -0.1) is 0 Å². The molecule has 0 atom stereocenters. The highest BCUT2D eigenvalue weighted by Crippen LogP contribution is 2.29. The first-order chi connectivity index (χ1) is 10.3. The molecule has 2 aromatic carbocycles. The Morgan fingerprint density at radius 2 is 1.81 bits per heavy atom. The number of benzene rings is 2. The highest BCUT2D eigenvalue weighted by molar-refractivity contribution is 5.77. The summed E-state index contributed by atoms with van der Waals surface area (Å²) in [5.41, 5.74) is 9.82. The molecule has 3 heteroatoms. The van der Waals surface area contributed by atoms with E-state index in [1.54, 1.807) is 12.4 Å². The van der Waals surface area contributed by atoms with Crippen LogP contribution in [-0.2, 0) is 6.61 Å². The van der Waals surface area contributed by atoms with E-state index in [-0.39, 0.29) is 0 Å². The second kappa shape index (κ2) is 6.09. The largest absolute Gasteiger partial charge is 0.489 e. The first kappa shape index (κ1) is 13.2. The summed E-state index contributed by atoms with van der Waals surface area (Å²) in [6, 6.07) is 19.7. The molecule has 3 aromatic rings. The van der Waals surface area contributed by atoms with Crippen LogP contribution in [0.4, 0.5) is 5.69 Å². The van der Waals surface area contributed by atoms with E-state index < -0.39 is 0 Å². The Morgan fingerprint density at radius 1 is 0.952 bits per heavy atom. The second-order valence-electron chi connectivity index (χ2n) is 4.77. The zero-order chi connectivity index (χ0) is 14.5. The molecule has 0 saturated heterocycles. The Morgan fingerprint density at radius 3 is 2.57 bits per heavy atom. The van der Waals surface area contributed by atoms with Gasteiger partial charge in [-0.3, -0.25) is 4.98 Å². The molecule has 1 aromatic heterocycles. The lowest BCUT2D eigenvalue weighted by atomic mass is 10.1. The van der Waals surface area contributed by atoms with Gasteiger partial charge in [0.15, 0.2) is 0 Å². The minimum absolute atomic E-state index is 0.539. The molecule has 0 spiro atoms. The Labute approximate surface area is 124 Å². The fourth-order valence-corrected chi connectivity index (χ4v) is 2.14. The number of nitrogens with two attached hydrogens (primary N) is 1. The average Bonchev–Trinajstić information content (AvgIpc) is 2.56. The summed E-state index contributed by atoms with van der Waals surface area (Å²) >= 11 is 0. The molecule has 0 bridgehead atoms. The Kier molecular flexibility index (Phi) is 3.83. The Bertz CT molecular complexity index is 712. The molecule has 0 radical (unpaired) electrons. The summed E-state index contributed by atoms with van der Waals surface area (Å²) in [6.45, 7) is 0.539. The number of hydrogen-bond acceptors (Lipinski definition) is 3. The normalized spacial score (nSPS) is 10.3. The van der Waals surface area contributed by atoms with Crippen molar-refractivity contribution in [3.8, 4) is 16.9 Å². The number of pyridine rings is 1. The maximum atomic E-state index is 6.05. The van der Waals surface area contributed by atoms with Gasteiger partial charge < -0.3 is 10.5 Å². The van der Waals surface area contributed by atoms with Gasteiger partial charge in [-0.2, -0.15) is 0 Å². The standard InChI is InChI=1S/C18H16N2O/c19-18-9-8-16(21-13-14-5-2-1-3-6-14)11-17(18)15-7-4-10-20-12-15/h1-12H,13,19H2. The number of aromatic nitrogens is 1. The molecule has 3 nitrogen and oxygen atoms in total. The number of nitrogen functional groups attached to an aromatic ring is 1. The quantitative estimate of drug-likeness (QED) is 0.735. The van der Waals surface area contributed by atoms with Crippen molar-refractivity contribution in [1.82, 2.24) is 4.98 Å². The fraction of sp³-hybridized carbons (Fsp3) is 0.0556. The molecule has 0 fully saturated rings. The van der Waals surface area contributed by atoms with Crippen LogP contribution in [0, 0.1) is 0 Å². The third kappa shape index (κ3) is 3.20. The summed E-state index contributed by atoms with van der Waals surface area (Å²) < 4.78 is 5.83. The smallest absolute Gasteiger partial charge is 0.120 e. The summed E-state index contributed by atoms with van der Waals surface area (Å²) in [7, 11) is 0. The predicted molar refractivity (Wildman–Crippen MR) is 84.9 cm³/mol. The van der Waals surface area contributed by atoms with E-state index in [2.05, 4.69) is 4.98 Å². The number of hydrogen-bond donors (Lipinski definition) is 1. The summed E-state index contributed by atoms with van der Waals surface area (Å²) in [6.07, 6.45) is 3.54. The molecule has 0 aliphatic carbocycles. The van der Waals surface area contributed by atoms with Crippen LogP contribution in [0.1, 0.15) is 5.56 Å². The maximum absolute atomic E-state index is 6.05. The van der Waals surface area contributed by atoms with Crippen molar-refractivity contribution in [3.05, 3.63) is 78.6 Å². The van der Waals surface area contributed by atoms with E-state index >= 15 is 0 Å². The van der Waals surface area contributed by atoms with Gasteiger partial charge in [0, 0.05) is 29.2 Å². The van der Waals surface area contributed by atoms with Crippen LogP contribution >= 0.6 is 0 Å². The van der Waals surface area contributed by atoms with Crippen molar-refractivity contribution in [2.75, 3.05) is 5.73 Å². The van der Waals surface area contributed by atoms with Crippen LogP contribution in [0.25, 0.3) is 11.1 Å².